The molecule has 3 heteroatoms. The number of rotatable bonds is 3. The van der Waals surface area contributed by atoms with Crippen LogP contribution >= 0.6 is 0 Å². The van der Waals surface area contributed by atoms with Gasteiger partial charge in [-0.2, -0.15) is 0 Å². The molecule has 1 unspecified atom stereocenters. The molecule has 1 fully saturated rings. The maximum absolute atomic E-state index is 10.1. The van der Waals surface area contributed by atoms with Crippen LogP contribution in [0.25, 0.3) is 0 Å². The largest absolute Gasteiger partial charge is 0.478 e. The monoisotopic (exact) mass is 170 g/mol. The van der Waals surface area contributed by atoms with Crippen LogP contribution in [0.5, 0.6) is 0 Å². The van der Waals surface area contributed by atoms with Crippen molar-refractivity contribution in [2.75, 3.05) is 6.61 Å². The average molecular weight is 170 g/mol. The van der Waals surface area contributed by atoms with Crippen LogP contribution in [0.15, 0.2) is 12.2 Å². The van der Waals surface area contributed by atoms with Crippen molar-refractivity contribution in [2.45, 2.75) is 31.8 Å². The summed E-state index contributed by atoms with van der Waals surface area (Å²) in [5, 5.41) is 8.32. The van der Waals surface area contributed by atoms with Crippen LogP contribution in [0, 0.1) is 0 Å². The zero-order chi connectivity index (χ0) is 8.81. The summed E-state index contributed by atoms with van der Waals surface area (Å²) in [5.41, 5.74) is 0. The van der Waals surface area contributed by atoms with Crippen LogP contribution in [0.4, 0.5) is 0 Å². The van der Waals surface area contributed by atoms with Gasteiger partial charge in [-0.1, -0.05) is 6.08 Å². The van der Waals surface area contributed by atoms with Gasteiger partial charge >= 0.3 is 5.97 Å². The van der Waals surface area contributed by atoms with Crippen molar-refractivity contribution in [3.8, 4) is 0 Å². The summed E-state index contributed by atoms with van der Waals surface area (Å²) in [4.78, 5) is 10.1. The minimum atomic E-state index is -0.884. The van der Waals surface area contributed by atoms with Crippen molar-refractivity contribution in [3.05, 3.63) is 12.2 Å². The molecule has 0 bridgehead atoms. The van der Waals surface area contributed by atoms with E-state index in [2.05, 4.69) is 0 Å². The second kappa shape index (κ2) is 4.93. The second-order valence-electron chi connectivity index (χ2n) is 2.96. The lowest BCUT2D eigenvalue weighted by Crippen LogP contribution is -2.17. The fourth-order valence-corrected chi connectivity index (χ4v) is 1.31. The molecule has 0 aliphatic carbocycles. The number of carboxylic acids is 1. The molecule has 1 saturated heterocycles. The van der Waals surface area contributed by atoms with E-state index in [1.165, 1.54) is 12.5 Å². The van der Waals surface area contributed by atoms with E-state index in [0.717, 1.165) is 25.9 Å². The molecule has 0 aromatic carbocycles. The van der Waals surface area contributed by atoms with Crippen molar-refractivity contribution in [3.63, 3.8) is 0 Å². The van der Waals surface area contributed by atoms with Crippen molar-refractivity contribution in [1.29, 1.82) is 0 Å². The zero-order valence-corrected chi connectivity index (χ0v) is 7.03. The van der Waals surface area contributed by atoms with E-state index in [1.807, 2.05) is 0 Å². The van der Waals surface area contributed by atoms with Gasteiger partial charge in [0.05, 0.1) is 6.10 Å². The zero-order valence-electron chi connectivity index (χ0n) is 7.03. The van der Waals surface area contributed by atoms with Gasteiger partial charge in [0.1, 0.15) is 0 Å². The Kier molecular flexibility index (Phi) is 3.80. The van der Waals surface area contributed by atoms with Crippen LogP contribution in [-0.4, -0.2) is 23.8 Å². The molecule has 0 amide bonds. The van der Waals surface area contributed by atoms with Gasteiger partial charge in [0.15, 0.2) is 0 Å². The van der Waals surface area contributed by atoms with E-state index in [4.69, 9.17) is 9.84 Å². The quantitative estimate of drug-likeness (QED) is 0.654. The summed E-state index contributed by atoms with van der Waals surface area (Å²) in [6, 6.07) is 0. The Morgan fingerprint density at radius 2 is 2.42 bits per heavy atom. The lowest BCUT2D eigenvalue weighted by molar-refractivity contribution is -0.131. The predicted octanol–water partition coefficient (Wildman–Crippen LogP) is 1.59. The Bertz CT molecular complexity index is 169. The van der Waals surface area contributed by atoms with Gasteiger partial charge in [-0.3, -0.25) is 0 Å². The number of ether oxygens (including phenoxy) is 1. The highest BCUT2D eigenvalue weighted by Crippen LogP contribution is 2.15. The van der Waals surface area contributed by atoms with Gasteiger partial charge < -0.3 is 9.84 Å². The third-order valence-electron chi connectivity index (χ3n) is 1.93. The van der Waals surface area contributed by atoms with Crippen LogP contribution in [0.1, 0.15) is 25.7 Å². The van der Waals surface area contributed by atoms with Gasteiger partial charge in [-0.25, -0.2) is 4.79 Å². The van der Waals surface area contributed by atoms with Crippen molar-refractivity contribution in [1.82, 2.24) is 0 Å². The van der Waals surface area contributed by atoms with Crippen LogP contribution < -0.4 is 0 Å². The average Bonchev–Trinajstić information content (AvgIpc) is 2.05. The van der Waals surface area contributed by atoms with Gasteiger partial charge in [0.25, 0.3) is 0 Å². The Hall–Kier alpha value is -0.830. The molecular weight excluding hydrogens is 156 g/mol. The van der Waals surface area contributed by atoms with E-state index < -0.39 is 5.97 Å². The molecule has 1 aliphatic rings. The molecule has 1 atom stereocenters. The Morgan fingerprint density at radius 3 is 3.00 bits per heavy atom. The summed E-state index contributed by atoms with van der Waals surface area (Å²) in [6.45, 7) is 0.825. The fourth-order valence-electron chi connectivity index (χ4n) is 1.31. The van der Waals surface area contributed by atoms with Crippen LogP contribution in [-0.2, 0) is 9.53 Å². The standard InChI is InChI=1S/C9H14O3/c10-9(11)6-3-5-8-4-1-2-7-12-8/h3,6,8H,1-2,4-5,7H2,(H,10,11)/b6-3-. The van der Waals surface area contributed by atoms with Crippen molar-refractivity contribution in [2.24, 2.45) is 0 Å². The van der Waals surface area contributed by atoms with Crippen molar-refractivity contribution < 1.29 is 14.6 Å². The molecular formula is C9H14O3. The van der Waals surface area contributed by atoms with E-state index in [9.17, 15) is 4.79 Å². The summed E-state index contributed by atoms with van der Waals surface area (Å²) in [7, 11) is 0. The molecule has 68 valence electrons. The normalized spacial score (nSPS) is 24.5. The smallest absolute Gasteiger partial charge is 0.327 e. The molecule has 1 aliphatic heterocycles. The molecule has 1 N–H and O–H groups in total. The first-order valence-electron chi connectivity index (χ1n) is 4.30. The van der Waals surface area contributed by atoms with E-state index >= 15 is 0 Å². The molecule has 3 nitrogen and oxygen atoms in total. The molecule has 0 aromatic rings. The highest BCUT2D eigenvalue weighted by Gasteiger charge is 2.11. The van der Waals surface area contributed by atoms with Gasteiger partial charge in [-0.15, -0.1) is 0 Å². The molecule has 12 heavy (non-hydrogen) atoms. The number of hydrogen-bond donors (Lipinski definition) is 1. The second-order valence-corrected chi connectivity index (χ2v) is 2.96. The highest BCUT2D eigenvalue weighted by atomic mass is 16.5. The molecule has 1 heterocycles. The first kappa shape index (κ1) is 9.26. The molecule has 0 saturated carbocycles. The van der Waals surface area contributed by atoms with Gasteiger partial charge in [0.2, 0.25) is 0 Å². The van der Waals surface area contributed by atoms with E-state index in [1.54, 1.807) is 6.08 Å². The lowest BCUT2D eigenvalue weighted by Gasteiger charge is -2.20. The number of carbonyl (C=O) groups is 1. The van der Waals surface area contributed by atoms with Crippen LogP contribution in [0.3, 0.4) is 0 Å². The Balaban J connectivity index is 2.17. The lowest BCUT2D eigenvalue weighted by atomic mass is 10.1. The topological polar surface area (TPSA) is 46.5 Å². The predicted molar refractivity (Wildman–Crippen MR) is 45.0 cm³/mol. The summed E-state index contributed by atoms with van der Waals surface area (Å²) >= 11 is 0. The molecule has 0 aromatic heterocycles. The molecule has 1 rings (SSSR count). The molecule has 0 radical (unpaired) electrons. The summed E-state index contributed by atoms with van der Waals surface area (Å²) in [6.07, 6.45) is 7.21. The fraction of sp³-hybridized carbons (Fsp3) is 0.667. The van der Waals surface area contributed by atoms with Crippen LogP contribution in [0.2, 0.25) is 0 Å². The number of aliphatic carboxylic acids is 1. The van der Waals surface area contributed by atoms with Crippen molar-refractivity contribution >= 4 is 5.97 Å². The van der Waals surface area contributed by atoms with Gasteiger partial charge in [-0.05, 0) is 25.7 Å². The first-order chi connectivity index (χ1) is 5.79. The first-order valence-corrected chi connectivity index (χ1v) is 4.30. The number of carboxylic acid groups (broad SMARTS) is 1. The number of hydrogen-bond acceptors (Lipinski definition) is 2. The maximum Gasteiger partial charge on any atom is 0.327 e. The summed E-state index contributed by atoms with van der Waals surface area (Å²) < 4.78 is 5.42. The minimum absolute atomic E-state index is 0.245. The minimum Gasteiger partial charge on any atom is -0.478 e. The molecule has 0 spiro atoms. The van der Waals surface area contributed by atoms with Gasteiger partial charge in [0, 0.05) is 12.7 Å². The third-order valence-corrected chi connectivity index (χ3v) is 1.93. The highest BCUT2D eigenvalue weighted by molar-refractivity contribution is 5.79. The summed E-state index contributed by atoms with van der Waals surface area (Å²) in [5.74, 6) is -0.884. The van der Waals surface area contributed by atoms with E-state index in [-0.39, 0.29) is 6.10 Å². The maximum atomic E-state index is 10.1. The van der Waals surface area contributed by atoms with E-state index in [0.29, 0.717) is 0 Å². The SMILES string of the molecule is O=C(O)/C=C\CC1CCCCO1. The Morgan fingerprint density at radius 1 is 1.58 bits per heavy atom. The Labute approximate surface area is 72.0 Å². The third kappa shape index (κ3) is 3.53.